The number of aromatic amines is 1. The van der Waals surface area contributed by atoms with Crippen molar-refractivity contribution >= 4 is 0 Å². The van der Waals surface area contributed by atoms with Gasteiger partial charge in [0.05, 0.1) is 13.4 Å². The highest BCUT2D eigenvalue weighted by Crippen LogP contribution is 2.27. The van der Waals surface area contributed by atoms with E-state index in [0.717, 1.165) is 18.7 Å². The van der Waals surface area contributed by atoms with Crippen molar-refractivity contribution in [2.45, 2.75) is 19.4 Å². The number of benzene rings is 1. The van der Waals surface area contributed by atoms with E-state index in [2.05, 4.69) is 15.3 Å². The van der Waals surface area contributed by atoms with Crippen molar-refractivity contribution in [2.75, 3.05) is 13.7 Å². The minimum Gasteiger partial charge on any atom is -0.496 e. The van der Waals surface area contributed by atoms with Crippen LogP contribution in [-0.2, 0) is 6.42 Å². The Morgan fingerprint density at radius 2 is 2.32 bits per heavy atom. The minimum atomic E-state index is -0.249. The SMILES string of the molecule is COc1cccc(F)c1C(C)NCCc1cnc[nH]1. The molecule has 1 atom stereocenters. The molecule has 1 heterocycles. The Kier molecular flexibility index (Phi) is 4.52. The first-order chi connectivity index (χ1) is 9.22. The van der Waals surface area contributed by atoms with Gasteiger partial charge in [-0.3, -0.25) is 0 Å². The van der Waals surface area contributed by atoms with E-state index in [9.17, 15) is 4.39 Å². The van der Waals surface area contributed by atoms with E-state index in [4.69, 9.17) is 4.74 Å². The first kappa shape index (κ1) is 13.5. The molecule has 19 heavy (non-hydrogen) atoms. The fourth-order valence-electron chi connectivity index (χ4n) is 2.06. The van der Waals surface area contributed by atoms with E-state index in [1.54, 1.807) is 31.8 Å². The smallest absolute Gasteiger partial charge is 0.131 e. The van der Waals surface area contributed by atoms with E-state index in [0.29, 0.717) is 11.3 Å². The third-order valence-corrected chi connectivity index (χ3v) is 3.07. The number of ether oxygens (including phenoxy) is 1. The van der Waals surface area contributed by atoms with Crippen LogP contribution in [0.3, 0.4) is 0 Å². The van der Waals surface area contributed by atoms with Gasteiger partial charge in [0.2, 0.25) is 0 Å². The average molecular weight is 263 g/mol. The molecule has 0 fully saturated rings. The third-order valence-electron chi connectivity index (χ3n) is 3.07. The van der Waals surface area contributed by atoms with Gasteiger partial charge < -0.3 is 15.0 Å². The first-order valence-corrected chi connectivity index (χ1v) is 6.25. The van der Waals surface area contributed by atoms with Crippen molar-refractivity contribution in [1.82, 2.24) is 15.3 Å². The van der Waals surface area contributed by atoms with Gasteiger partial charge in [-0.2, -0.15) is 0 Å². The fourth-order valence-corrected chi connectivity index (χ4v) is 2.06. The van der Waals surface area contributed by atoms with Crippen molar-refractivity contribution in [3.8, 4) is 5.75 Å². The molecule has 5 heteroatoms. The van der Waals surface area contributed by atoms with Crippen molar-refractivity contribution in [1.29, 1.82) is 0 Å². The average Bonchev–Trinajstić information content (AvgIpc) is 2.91. The summed E-state index contributed by atoms with van der Waals surface area (Å²) in [4.78, 5) is 6.99. The summed E-state index contributed by atoms with van der Waals surface area (Å²) in [6.45, 7) is 2.66. The lowest BCUT2D eigenvalue weighted by Crippen LogP contribution is -2.22. The summed E-state index contributed by atoms with van der Waals surface area (Å²) in [6.07, 6.45) is 4.26. The van der Waals surface area contributed by atoms with Crippen LogP contribution >= 0.6 is 0 Å². The molecule has 0 saturated carbocycles. The molecule has 1 aromatic carbocycles. The van der Waals surface area contributed by atoms with E-state index >= 15 is 0 Å². The third kappa shape index (κ3) is 3.32. The zero-order chi connectivity index (χ0) is 13.7. The van der Waals surface area contributed by atoms with Crippen LogP contribution in [0.5, 0.6) is 5.75 Å². The zero-order valence-corrected chi connectivity index (χ0v) is 11.1. The Balaban J connectivity index is 1.97. The second-order valence-electron chi connectivity index (χ2n) is 4.36. The van der Waals surface area contributed by atoms with Gasteiger partial charge in [0, 0.05) is 36.5 Å². The molecule has 0 bridgehead atoms. The van der Waals surface area contributed by atoms with Crippen molar-refractivity contribution in [2.24, 2.45) is 0 Å². The number of rotatable bonds is 6. The van der Waals surface area contributed by atoms with Crippen LogP contribution < -0.4 is 10.1 Å². The molecule has 0 aliphatic carbocycles. The Bertz CT molecular complexity index is 513. The Morgan fingerprint density at radius 1 is 1.47 bits per heavy atom. The number of hydrogen-bond acceptors (Lipinski definition) is 3. The van der Waals surface area contributed by atoms with E-state index in [-0.39, 0.29) is 11.9 Å². The molecule has 0 spiro atoms. The van der Waals surface area contributed by atoms with Crippen LogP contribution in [0.1, 0.15) is 24.2 Å². The summed E-state index contributed by atoms with van der Waals surface area (Å²) in [7, 11) is 1.55. The van der Waals surface area contributed by atoms with Crippen LogP contribution in [0.4, 0.5) is 4.39 Å². The zero-order valence-electron chi connectivity index (χ0n) is 11.1. The van der Waals surface area contributed by atoms with Crippen LogP contribution in [0.25, 0.3) is 0 Å². The molecular formula is C14H18FN3O. The maximum absolute atomic E-state index is 13.9. The molecule has 0 aliphatic heterocycles. The molecular weight excluding hydrogens is 245 g/mol. The largest absolute Gasteiger partial charge is 0.496 e. The predicted molar refractivity (Wildman–Crippen MR) is 71.7 cm³/mol. The lowest BCUT2D eigenvalue weighted by Gasteiger charge is -2.17. The summed E-state index contributed by atoms with van der Waals surface area (Å²) in [6, 6.07) is 4.75. The van der Waals surface area contributed by atoms with E-state index < -0.39 is 0 Å². The molecule has 2 N–H and O–H groups in total. The van der Waals surface area contributed by atoms with Gasteiger partial charge in [0.1, 0.15) is 11.6 Å². The van der Waals surface area contributed by atoms with E-state index in [1.807, 2.05) is 6.92 Å². The summed E-state index contributed by atoms with van der Waals surface area (Å²) < 4.78 is 19.1. The number of methoxy groups -OCH3 is 1. The van der Waals surface area contributed by atoms with Gasteiger partial charge >= 0.3 is 0 Å². The summed E-state index contributed by atoms with van der Waals surface area (Å²) >= 11 is 0. The number of nitrogens with zero attached hydrogens (tertiary/aromatic N) is 1. The number of nitrogens with one attached hydrogen (secondary N) is 2. The van der Waals surface area contributed by atoms with Crippen molar-refractivity contribution < 1.29 is 9.13 Å². The molecule has 4 nitrogen and oxygen atoms in total. The monoisotopic (exact) mass is 263 g/mol. The molecule has 0 amide bonds. The Hall–Kier alpha value is -1.88. The molecule has 102 valence electrons. The molecule has 0 saturated heterocycles. The normalized spacial score (nSPS) is 12.4. The number of halogens is 1. The van der Waals surface area contributed by atoms with E-state index in [1.165, 1.54) is 6.07 Å². The summed E-state index contributed by atoms with van der Waals surface area (Å²) in [5, 5.41) is 3.28. The highest BCUT2D eigenvalue weighted by atomic mass is 19.1. The second-order valence-corrected chi connectivity index (χ2v) is 4.36. The topological polar surface area (TPSA) is 49.9 Å². The highest BCUT2D eigenvalue weighted by molar-refractivity contribution is 5.36. The number of aromatic nitrogens is 2. The molecule has 0 aliphatic rings. The maximum atomic E-state index is 13.9. The van der Waals surface area contributed by atoms with Gasteiger partial charge in [0.25, 0.3) is 0 Å². The van der Waals surface area contributed by atoms with Crippen LogP contribution in [0.15, 0.2) is 30.7 Å². The van der Waals surface area contributed by atoms with Crippen LogP contribution in [0.2, 0.25) is 0 Å². The van der Waals surface area contributed by atoms with Crippen molar-refractivity contribution in [3.05, 3.63) is 47.8 Å². The molecule has 0 radical (unpaired) electrons. The molecule has 1 aromatic heterocycles. The van der Waals surface area contributed by atoms with Gasteiger partial charge in [-0.05, 0) is 19.1 Å². The maximum Gasteiger partial charge on any atom is 0.131 e. The lowest BCUT2D eigenvalue weighted by atomic mass is 10.1. The quantitative estimate of drug-likeness (QED) is 0.841. The number of imidazole rings is 1. The number of H-pyrrole nitrogens is 1. The van der Waals surface area contributed by atoms with Crippen LogP contribution in [-0.4, -0.2) is 23.6 Å². The van der Waals surface area contributed by atoms with Gasteiger partial charge in [0.15, 0.2) is 0 Å². The summed E-state index contributed by atoms with van der Waals surface area (Å²) in [5.41, 5.74) is 1.62. The first-order valence-electron chi connectivity index (χ1n) is 6.25. The molecule has 1 unspecified atom stereocenters. The molecule has 2 rings (SSSR count). The predicted octanol–water partition coefficient (Wildman–Crippen LogP) is 2.45. The second kappa shape index (κ2) is 6.33. The fraction of sp³-hybridized carbons (Fsp3) is 0.357. The Labute approximate surface area is 112 Å². The van der Waals surface area contributed by atoms with Crippen LogP contribution in [0, 0.1) is 5.82 Å². The van der Waals surface area contributed by atoms with Gasteiger partial charge in [-0.15, -0.1) is 0 Å². The minimum absolute atomic E-state index is 0.112. The highest BCUT2D eigenvalue weighted by Gasteiger charge is 2.15. The lowest BCUT2D eigenvalue weighted by molar-refractivity contribution is 0.394. The van der Waals surface area contributed by atoms with Crippen molar-refractivity contribution in [3.63, 3.8) is 0 Å². The van der Waals surface area contributed by atoms with Gasteiger partial charge in [-0.1, -0.05) is 6.07 Å². The Morgan fingerprint density at radius 3 is 3.00 bits per heavy atom. The standard InChI is InChI=1S/C14H18FN3O/c1-10(17-7-6-11-8-16-9-18-11)14-12(15)4-3-5-13(14)19-2/h3-5,8-10,17H,6-7H2,1-2H3,(H,16,18). The molecule has 2 aromatic rings. The van der Waals surface area contributed by atoms with Gasteiger partial charge in [-0.25, -0.2) is 9.37 Å². The summed E-state index contributed by atoms with van der Waals surface area (Å²) in [5.74, 6) is 0.322. The number of hydrogen-bond donors (Lipinski definition) is 2.